The molecule has 162 valence electrons. The molecule has 1 N–H and O–H groups in total. The van der Waals surface area contributed by atoms with E-state index in [0.717, 1.165) is 25.7 Å². The fourth-order valence-electron chi connectivity index (χ4n) is 2.71. The van der Waals surface area contributed by atoms with Gasteiger partial charge in [0.1, 0.15) is 12.4 Å². The number of nitrogens with zero attached hydrogens (tertiary/aromatic N) is 2. The Morgan fingerprint density at radius 2 is 1.94 bits per heavy atom. The lowest BCUT2D eigenvalue weighted by atomic mass is 10.2. The Hall–Kier alpha value is -2.58. The molecule has 1 heterocycles. The lowest BCUT2D eigenvalue weighted by molar-refractivity contribution is -0.118. The molecule has 0 unspecified atom stereocenters. The number of thiazole rings is 1. The highest BCUT2D eigenvalue weighted by atomic mass is 35.5. The monoisotopic (exact) mass is 501 g/mol. The summed E-state index contributed by atoms with van der Waals surface area (Å²) in [6, 6.07) is 20.6. The molecule has 0 aliphatic rings. The molecule has 0 fully saturated rings. The normalized spacial score (nSPS) is 11.2. The topological polar surface area (TPSA) is 63.6 Å². The van der Waals surface area contributed by atoms with Crippen molar-refractivity contribution >= 4 is 68.6 Å². The Bertz CT molecular complexity index is 1230. The maximum Gasteiger partial charge on any atom is 0.250 e. The van der Waals surface area contributed by atoms with Crippen molar-refractivity contribution in [3.8, 4) is 5.75 Å². The second kappa shape index (κ2) is 10.8. The van der Waals surface area contributed by atoms with Crippen LogP contribution in [0.4, 0.5) is 0 Å². The van der Waals surface area contributed by atoms with Gasteiger partial charge in [0, 0.05) is 5.02 Å². The molecule has 0 saturated carbocycles. The molecule has 3 aromatic carbocycles. The molecule has 0 bridgehead atoms. The fraction of sp³-hybridized carbons (Fsp3) is 0.0870. The molecular weight excluding hydrogens is 485 g/mol. The lowest BCUT2D eigenvalue weighted by Gasteiger charge is -2.08. The van der Waals surface area contributed by atoms with Gasteiger partial charge in [-0.15, -0.1) is 11.3 Å². The van der Waals surface area contributed by atoms with Gasteiger partial charge < -0.3 is 4.74 Å². The van der Waals surface area contributed by atoms with Crippen molar-refractivity contribution in [1.29, 1.82) is 0 Å². The molecule has 1 amide bonds. The molecule has 0 aliphatic carbocycles. The molecule has 0 saturated heterocycles. The minimum absolute atomic E-state index is 0.209. The van der Waals surface area contributed by atoms with Gasteiger partial charge in [-0.25, -0.2) is 10.4 Å². The van der Waals surface area contributed by atoms with E-state index in [0.29, 0.717) is 22.4 Å². The van der Waals surface area contributed by atoms with E-state index in [1.807, 2.05) is 54.6 Å². The summed E-state index contributed by atoms with van der Waals surface area (Å²) < 4.78 is 7.71. The largest absolute Gasteiger partial charge is 0.487 e. The number of carbonyl (C=O) groups excluding carboxylic acids is 1. The molecule has 0 atom stereocenters. The molecule has 0 spiro atoms. The number of fused-ring (bicyclic) bond motifs is 1. The van der Waals surface area contributed by atoms with Gasteiger partial charge in [0.05, 0.1) is 27.2 Å². The minimum atomic E-state index is -0.209. The predicted molar refractivity (Wildman–Crippen MR) is 133 cm³/mol. The molecule has 32 heavy (non-hydrogen) atoms. The van der Waals surface area contributed by atoms with Crippen molar-refractivity contribution in [1.82, 2.24) is 10.4 Å². The zero-order valence-corrected chi connectivity index (χ0v) is 19.8. The van der Waals surface area contributed by atoms with Gasteiger partial charge >= 0.3 is 0 Å². The van der Waals surface area contributed by atoms with Crippen molar-refractivity contribution in [2.45, 2.75) is 10.9 Å². The van der Waals surface area contributed by atoms with Crippen molar-refractivity contribution in [2.24, 2.45) is 5.10 Å². The van der Waals surface area contributed by atoms with E-state index < -0.39 is 0 Å². The number of nitrogens with one attached hydrogen (secondary N) is 1. The Kier molecular flexibility index (Phi) is 7.65. The molecule has 1 aromatic heterocycles. The Labute approximate surface area is 203 Å². The number of aromatic nitrogens is 1. The number of hydrogen-bond donors (Lipinski definition) is 1. The Morgan fingerprint density at radius 3 is 2.72 bits per heavy atom. The highest BCUT2D eigenvalue weighted by Crippen LogP contribution is 2.29. The first-order valence-corrected chi connectivity index (χ1v) is 12.1. The van der Waals surface area contributed by atoms with Gasteiger partial charge in [-0.05, 0) is 53.6 Å². The molecule has 9 heteroatoms. The van der Waals surface area contributed by atoms with Gasteiger partial charge in [-0.3, -0.25) is 4.79 Å². The maximum absolute atomic E-state index is 12.1. The summed E-state index contributed by atoms with van der Waals surface area (Å²) in [5.74, 6) is 0.588. The molecule has 0 aliphatic heterocycles. The smallest absolute Gasteiger partial charge is 0.250 e. The number of hydrazone groups is 1. The summed E-state index contributed by atoms with van der Waals surface area (Å²) in [5, 5.41) is 5.14. The lowest BCUT2D eigenvalue weighted by Crippen LogP contribution is -2.19. The van der Waals surface area contributed by atoms with E-state index in [-0.39, 0.29) is 11.7 Å². The van der Waals surface area contributed by atoms with Crippen LogP contribution < -0.4 is 10.2 Å². The van der Waals surface area contributed by atoms with Crippen LogP contribution in [0.5, 0.6) is 5.75 Å². The number of hydrogen-bond acceptors (Lipinski definition) is 6. The summed E-state index contributed by atoms with van der Waals surface area (Å²) >= 11 is 15.2. The Morgan fingerprint density at radius 1 is 1.12 bits per heavy atom. The number of ether oxygens (including phenoxy) is 1. The first kappa shape index (κ1) is 22.6. The zero-order chi connectivity index (χ0) is 22.3. The number of thioether (sulfide) groups is 1. The second-order valence-electron chi connectivity index (χ2n) is 6.63. The first-order chi connectivity index (χ1) is 15.6. The van der Waals surface area contributed by atoms with Crippen LogP contribution in [0.3, 0.4) is 0 Å². The number of benzene rings is 3. The standard InChI is InChI=1S/C23H17Cl2N3O2S2/c24-17-8-5-15(6-9-17)13-30-20-10-7-16(11-18(20)25)12-26-28-22(29)14-31-23-27-19-3-1-2-4-21(19)32-23/h1-12H,13-14H2,(H,28,29)/b26-12-. The minimum Gasteiger partial charge on any atom is -0.487 e. The van der Waals surface area contributed by atoms with Gasteiger partial charge in [-0.2, -0.15) is 5.10 Å². The van der Waals surface area contributed by atoms with Gasteiger partial charge in [0.15, 0.2) is 4.34 Å². The fourth-order valence-corrected chi connectivity index (χ4v) is 4.94. The first-order valence-electron chi connectivity index (χ1n) is 9.54. The van der Waals surface area contributed by atoms with Gasteiger partial charge in [0.2, 0.25) is 0 Å². The third-order valence-electron chi connectivity index (χ3n) is 4.27. The highest BCUT2D eigenvalue weighted by Gasteiger charge is 2.07. The van der Waals surface area contributed by atoms with Gasteiger partial charge in [0.25, 0.3) is 5.91 Å². The van der Waals surface area contributed by atoms with E-state index in [2.05, 4.69) is 15.5 Å². The van der Waals surface area contributed by atoms with Crippen molar-refractivity contribution < 1.29 is 9.53 Å². The van der Waals surface area contributed by atoms with Crippen molar-refractivity contribution in [3.05, 3.63) is 87.9 Å². The highest BCUT2D eigenvalue weighted by molar-refractivity contribution is 8.01. The van der Waals surface area contributed by atoms with Crippen LogP contribution in [0.25, 0.3) is 10.2 Å². The number of amides is 1. The summed E-state index contributed by atoms with van der Waals surface area (Å²) in [6.07, 6.45) is 1.54. The Balaban J connectivity index is 1.25. The van der Waals surface area contributed by atoms with Crippen LogP contribution in [0, 0.1) is 0 Å². The van der Waals surface area contributed by atoms with E-state index in [1.54, 1.807) is 23.5 Å². The van der Waals surface area contributed by atoms with Crippen molar-refractivity contribution in [2.75, 3.05) is 5.75 Å². The second-order valence-corrected chi connectivity index (χ2v) is 9.73. The van der Waals surface area contributed by atoms with E-state index in [4.69, 9.17) is 27.9 Å². The van der Waals surface area contributed by atoms with Crippen LogP contribution in [-0.4, -0.2) is 22.9 Å². The van der Waals surface area contributed by atoms with Crippen LogP contribution in [-0.2, 0) is 11.4 Å². The maximum atomic E-state index is 12.1. The number of para-hydroxylation sites is 1. The number of rotatable bonds is 8. The number of carbonyl (C=O) groups is 1. The molecule has 4 rings (SSSR count). The SMILES string of the molecule is O=C(CSc1nc2ccccc2s1)N/N=C\c1ccc(OCc2ccc(Cl)cc2)c(Cl)c1. The van der Waals surface area contributed by atoms with Crippen LogP contribution in [0.15, 0.2) is 76.2 Å². The van der Waals surface area contributed by atoms with Gasteiger partial charge in [-0.1, -0.05) is 59.2 Å². The predicted octanol–water partition coefficient (Wildman–Crippen LogP) is 6.42. The summed E-state index contributed by atoms with van der Waals surface area (Å²) in [7, 11) is 0. The zero-order valence-electron chi connectivity index (χ0n) is 16.6. The third kappa shape index (κ3) is 6.23. The summed E-state index contributed by atoms with van der Waals surface area (Å²) in [4.78, 5) is 16.6. The van der Waals surface area contributed by atoms with Crippen LogP contribution >= 0.6 is 46.3 Å². The summed E-state index contributed by atoms with van der Waals surface area (Å²) in [5.41, 5.74) is 5.19. The van der Waals surface area contributed by atoms with Crippen LogP contribution in [0.2, 0.25) is 10.0 Å². The third-order valence-corrected chi connectivity index (χ3v) is 6.99. The van der Waals surface area contributed by atoms with E-state index in [9.17, 15) is 4.79 Å². The number of halogens is 2. The quantitative estimate of drug-likeness (QED) is 0.172. The summed E-state index contributed by atoms with van der Waals surface area (Å²) in [6.45, 7) is 0.382. The average molecular weight is 502 g/mol. The average Bonchev–Trinajstić information content (AvgIpc) is 3.21. The molecule has 0 radical (unpaired) electrons. The van der Waals surface area contributed by atoms with E-state index >= 15 is 0 Å². The van der Waals surface area contributed by atoms with E-state index in [1.165, 1.54) is 18.0 Å². The molecule has 5 nitrogen and oxygen atoms in total. The molecular formula is C23H17Cl2N3O2S2. The van der Waals surface area contributed by atoms with Crippen molar-refractivity contribution in [3.63, 3.8) is 0 Å². The molecule has 4 aromatic rings. The van der Waals surface area contributed by atoms with Crippen LogP contribution in [0.1, 0.15) is 11.1 Å².